The van der Waals surface area contributed by atoms with Gasteiger partial charge in [-0.3, -0.25) is 14.3 Å². The average Bonchev–Trinajstić information content (AvgIpc) is 2.96. The van der Waals surface area contributed by atoms with Crippen LogP contribution in [0.15, 0.2) is 41.3 Å². The number of thiazole rings is 1. The van der Waals surface area contributed by atoms with Gasteiger partial charge in [0.25, 0.3) is 10.0 Å². The van der Waals surface area contributed by atoms with E-state index < -0.39 is 10.0 Å². The number of fused-ring (bicyclic) bond motifs is 1. The first-order chi connectivity index (χ1) is 13.1. The van der Waals surface area contributed by atoms with Crippen LogP contribution in [0.1, 0.15) is 19.4 Å². The van der Waals surface area contributed by atoms with Crippen molar-refractivity contribution in [2.45, 2.75) is 25.7 Å². The second-order valence-electron chi connectivity index (χ2n) is 6.15. The number of anilines is 3. The zero-order chi connectivity index (χ0) is 20.5. The SMILES string of the molecule is CC(=O)Nc1ccc(S(=O)(=O)Nc2cc(C)c3nc(NC(C)=O)sc3c2)cc1. The Kier molecular flexibility index (Phi) is 5.34. The quantitative estimate of drug-likeness (QED) is 0.588. The Morgan fingerprint density at radius 1 is 0.964 bits per heavy atom. The van der Waals surface area contributed by atoms with Gasteiger partial charge in [0.2, 0.25) is 11.8 Å². The highest BCUT2D eigenvalue weighted by molar-refractivity contribution is 7.92. The number of carbonyl (C=O) groups excluding carboxylic acids is 2. The Balaban J connectivity index is 1.88. The molecule has 8 nitrogen and oxygen atoms in total. The van der Waals surface area contributed by atoms with E-state index >= 15 is 0 Å². The minimum atomic E-state index is -3.80. The zero-order valence-corrected chi connectivity index (χ0v) is 17.0. The third kappa shape index (κ3) is 4.46. The second kappa shape index (κ2) is 7.56. The largest absolute Gasteiger partial charge is 0.326 e. The summed E-state index contributed by atoms with van der Waals surface area (Å²) in [6, 6.07) is 9.24. The zero-order valence-electron chi connectivity index (χ0n) is 15.4. The highest BCUT2D eigenvalue weighted by atomic mass is 32.2. The Labute approximate surface area is 166 Å². The molecule has 0 saturated carbocycles. The first-order valence-electron chi connectivity index (χ1n) is 8.23. The molecule has 1 aromatic heterocycles. The van der Waals surface area contributed by atoms with Gasteiger partial charge in [-0.05, 0) is 48.9 Å². The molecule has 28 heavy (non-hydrogen) atoms. The topological polar surface area (TPSA) is 117 Å². The number of amides is 2. The van der Waals surface area contributed by atoms with Gasteiger partial charge in [-0.15, -0.1) is 0 Å². The summed E-state index contributed by atoms with van der Waals surface area (Å²) in [6.45, 7) is 4.59. The van der Waals surface area contributed by atoms with E-state index in [1.54, 1.807) is 12.1 Å². The van der Waals surface area contributed by atoms with Crippen LogP contribution in [-0.2, 0) is 19.6 Å². The number of aryl methyl sites for hydroxylation is 1. The molecule has 0 atom stereocenters. The van der Waals surface area contributed by atoms with Crippen molar-refractivity contribution in [2.24, 2.45) is 0 Å². The van der Waals surface area contributed by atoms with Crippen LogP contribution >= 0.6 is 11.3 Å². The monoisotopic (exact) mass is 418 g/mol. The summed E-state index contributed by atoms with van der Waals surface area (Å²) < 4.78 is 28.6. The summed E-state index contributed by atoms with van der Waals surface area (Å²) >= 11 is 1.27. The van der Waals surface area contributed by atoms with Crippen LogP contribution in [0.4, 0.5) is 16.5 Å². The first kappa shape index (κ1) is 19.8. The van der Waals surface area contributed by atoms with Gasteiger partial charge in [-0.25, -0.2) is 13.4 Å². The molecule has 2 aromatic carbocycles. The molecule has 0 unspecified atom stereocenters. The number of benzene rings is 2. The molecule has 1 heterocycles. The van der Waals surface area contributed by atoms with Crippen molar-refractivity contribution in [3.63, 3.8) is 0 Å². The van der Waals surface area contributed by atoms with Crippen LogP contribution in [0.25, 0.3) is 10.2 Å². The summed E-state index contributed by atoms with van der Waals surface area (Å²) in [6.07, 6.45) is 0. The molecule has 0 spiro atoms. The molecule has 10 heteroatoms. The van der Waals surface area contributed by atoms with Gasteiger partial charge in [-0.2, -0.15) is 0 Å². The molecule has 3 rings (SSSR count). The lowest BCUT2D eigenvalue weighted by molar-refractivity contribution is -0.115. The lowest BCUT2D eigenvalue weighted by Crippen LogP contribution is -2.13. The number of nitrogens with zero attached hydrogens (tertiary/aromatic N) is 1. The van der Waals surface area contributed by atoms with E-state index in [0.29, 0.717) is 22.0 Å². The van der Waals surface area contributed by atoms with Crippen LogP contribution in [0.5, 0.6) is 0 Å². The summed E-state index contributed by atoms with van der Waals surface area (Å²) in [4.78, 5) is 26.7. The third-order valence-corrected chi connectivity index (χ3v) is 6.02. The fourth-order valence-electron chi connectivity index (χ4n) is 2.59. The predicted molar refractivity (Wildman–Crippen MR) is 110 cm³/mol. The first-order valence-corrected chi connectivity index (χ1v) is 10.5. The van der Waals surface area contributed by atoms with Gasteiger partial charge in [0.05, 0.1) is 20.8 Å². The number of hydrogen-bond donors (Lipinski definition) is 3. The fraction of sp³-hybridized carbons (Fsp3) is 0.167. The maximum Gasteiger partial charge on any atom is 0.261 e. The van der Waals surface area contributed by atoms with Gasteiger partial charge in [0.15, 0.2) is 5.13 Å². The van der Waals surface area contributed by atoms with Crippen molar-refractivity contribution in [3.05, 3.63) is 42.0 Å². The van der Waals surface area contributed by atoms with Crippen LogP contribution in [-0.4, -0.2) is 25.2 Å². The van der Waals surface area contributed by atoms with Gasteiger partial charge >= 0.3 is 0 Å². The fourth-order valence-corrected chi connectivity index (χ4v) is 4.66. The van der Waals surface area contributed by atoms with Crippen molar-refractivity contribution in [1.29, 1.82) is 0 Å². The maximum atomic E-state index is 12.7. The van der Waals surface area contributed by atoms with E-state index in [1.807, 2.05) is 6.92 Å². The van der Waals surface area contributed by atoms with Gasteiger partial charge in [-0.1, -0.05) is 11.3 Å². The lowest BCUT2D eigenvalue weighted by atomic mass is 10.2. The van der Waals surface area contributed by atoms with Crippen molar-refractivity contribution in [2.75, 3.05) is 15.4 Å². The van der Waals surface area contributed by atoms with E-state index in [-0.39, 0.29) is 16.7 Å². The van der Waals surface area contributed by atoms with Crippen molar-refractivity contribution in [3.8, 4) is 0 Å². The molecule has 0 aliphatic heterocycles. The standard InChI is InChI=1S/C18H18N4O4S2/c1-10-8-14(9-16-17(10)21-18(27-16)20-12(3)24)22-28(25,26)15-6-4-13(5-7-15)19-11(2)23/h4-9,22H,1-3H3,(H,19,23)(H,20,21,24). The van der Waals surface area contributed by atoms with Crippen LogP contribution in [0.2, 0.25) is 0 Å². The molecule has 0 saturated heterocycles. The highest BCUT2D eigenvalue weighted by Gasteiger charge is 2.16. The molecule has 0 bridgehead atoms. The average molecular weight is 419 g/mol. The van der Waals surface area contributed by atoms with E-state index in [0.717, 1.165) is 10.3 Å². The molecule has 3 N–H and O–H groups in total. The maximum absolute atomic E-state index is 12.7. The van der Waals surface area contributed by atoms with Gasteiger partial charge in [0.1, 0.15) is 0 Å². The summed E-state index contributed by atoms with van der Waals surface area (Å²) in [7, 11) is -3.80. The van der Waals surface area contributed by atoms with E-state index in [2.05, 4.69) is 20.3 Å². The number of sulfonamides is 1. The molecule has 2 amide bonds. The second-order valence-corrected chi connectivity index (χ2v) is 8.86. The molecule has 146 valence electrons. The van der Waals surface area contributed by atoms with E-state index in [9.17, 15) is 18.0 Å². The molecular formula is C18H18N4O4S2. The van der Waals surface area contributed by atoms with Crippen molar-refractivity contribution in [1.82, 2.24) is 4.98 Å². The van der Waals surface area contributed by atoms with Gasteiger partial charge in [0, 0.05) is 19.5 Å². The summed E-state index contributed by atoms with van der Waals surface area (Å²) in [5.74, 6) is -0.457. The number of hydrogen-bond acceptors (Lipinski definition) is 6. The molecule has 0 aliphatic carbocycles. The molecule has 0 fully saturated rings. The van der Waals surface area contributed by atoms with E-state index in [1.165, 1.54) is 49.4 Å². The normalized spacial score (nSPS) is 11.2. The minimum absolute atomic E-state index is 0.0718. The Morgan fingerprint density at radius 2 is 1.61 bits per heavy atom. The smallest absolute Gasteiger partial charge is 0.261 e. The predicted octanol–water partition coefficient (Wildman–Crippen LogP) is 3.32. The third-order valence-electron chi connectivity index (χ3n) is 3.71. The van der Waals surface area contributed by atoms with Crippen LogP contribution < -0.4 is 15.4 Å². The van der Waals surface area contributed by atoms with Crippen LogP contribution in [0, 0.1) is 6.92 Å². The van der Waals surface area contributed by atoms with E-state index in [4.69, 9.17) is 0 Å². The Hall–Kier alpha value is -2.98. The Morgan fingerprint density at radius 3 is 2.21 bits per heavy atom. The molecule has 3 aromatic rings. The van der Waals surface area contributed by atoms with Crippen LogP contribution in [0.3, 0.4) is 0 Å². The summed E-state index contributed by atoms with van der Waals surface area (Å²) in [5.41, 5.74) is 2.40. The van der Waals surface area contributed by atoms with Gasteiger partial charge < -0.3 is 10.6 Å². The summed E-state index contributed by atoms with van der Waals surface area (Å²) in [5, 5.41) is 5.68. The number of nitrogens with one attached hydrogen (secondary N) is 3. The Bertz CT molecular complexity index is 1170. The molecule has 0 aliphatic rings. The van der Waals surface area contributed by atoms with Crippen molar-refractivity contribution >= 4 is 59.9 Å². The number of rotatable bonds is 5. The lowest BCUT2D eigenvalue weighted by Gasteiger charge is -2.10. The molecular weight excluding hydrogens is 400 g/mol. The number of aromatic nitrogens is 1. The van der Waals surface area contributed by atoms with Crippen molar-refractivity contribution < 1.29 is 18.0 Å². The highest BCUT2D eigenvalue weighted by Crippen LogP contribution is 2.32. The molecule has 0 radical (unpaired) electrons. The minimum Gasteiger partial charge on any atom is -0.326 e. The number of carbonyl (C=O) groups is 2.